The maximum absolute atomic E-state index is 12.8. The van der Waals surface area contributed by atoms with Gasteiger partial charge in [-0.15, -0.1) is 0 Å². The van der Waals surface area contributed by atoms with Crippen LogP contribution in [0.5, 0.6) is 0 Å². The van der Waals surface area contributed by atoms with Crippen molar-refractivity contribution < 1.29 is 9.53 Å². The van der Waals surface area contributed by atoms with Crippen LogP contribution in [0, 0.1) is 0 Å². The first-order valence-corrected chi connectivity index (χ1v) is 9.86. The summed E-state index contributed by atoms with van der Waals surface area (Å²) in [6.45, 7) is 1.36. The molecule has 1 saturated heterocycles. The average molecular weight is 349 g/mol. The Morgan fingerprint density at radius 3 is 3.04 bits per heavy atom. The predicted molar refractivity (Wildman–Crippen MR) is 91.5 cm³/mol. The van der Waals surface area contributed by atoms with Gasteiger partial charge in [0, 0.05) is 30.9 Å². The molecular weight excluding hydrogens is 326 g/mol. The van der Waals surface area contributed by atoms with Crippen LogP contribution >= 0.6 is 11.8 Å². The monoisotopic (exact) mass is 349 g/mol. The highest BCUT2D eigenvalue weighted by Gasteiger charge is 2.30. The molecular formula is C17H23N3O3S. The zero-order valence-corrected chi connectivity index (χ0v) is 14.6. The summed E-state index contributed by atoms with van der Waals surface area (Å²) in [4.78, 5) is 29.8. The molecule has 24 heavy (non-hydrogen) atoms. The fraction of sp³-hybridized carbons (Fsp3) is 0.706. The van der Waals surface area contributed by atoms with E-state index in [2.05, 4.69) is 5.32 Å². The van der Waals surface area contributed by atoms with E-state index in [1.54, 1.807) is 16.3 Å². The highest BCUT2D eigenvalue weighted by molar-refractivity contribution is 7.99. The molecule has 0 saturated carbocycles. The Morgan fingerprint density at radius 2 is 2.21 bits per heavy atom. The fourth-order valence-corrected chi connectivity index (χ4v) is 4.94. The van der Waals surface area contributed by atoms with Gasteiger partial charge in [0.2, 0.25) is 5.91 Å². The number of amides is 1. The third kappa shape index (κ3) is 3.11. The van der Waals surface area contributed by atoms with Gasteiger partial charge < -0.3 is 10.1 Å². The number of nitrogens with zero attached hydrogens (tertiary/aromatic N) is 2. The second kappa shape index (κ2) is 6.88. The standard InChI is InChI=1S/C17H23N3O3S/c21-15(18-9-12-4-3-7-23-12)8-11-10-24-17-19-14-6-2-1-5-13(14)16(22)20(11)17/h11-12H,1-10H2,(H,18,21)/t11-,12-/m1/s1. The Balaban J connectivity index is 1.45. The lowest BCUT2D eigenvalue weighted by Crippen LogP contribution is -2.36. The predicted octanol–water partition coefficient (Wildman–Crippen LogP) is 1.45. The smallest absolute Gasteiger partial charge is 0.257 e. The van der Waals surface area contributed by atoms with Crippen molar-refractivity contribution in [3.05, 3.63) is 21.6 Å². The number of aromatic nitrogens is 2. The molecule has 1 aromatic heterocycles. The number of carbonyl (C=O) groups excluding carboxylic acids is 1. The molecule has 6 nitrogen and oxygen atoms in total. The molecule has 2 aliphatic heterocycles. The quantitative estimate of drug-likeness (QED) is 0.833. The van der Waals surface area contributed by atoms with Gasteiger partial charge >= 0.3 is 0 Å². The minimum atomic E-state index is -0.0817. The summed E-state index contributed by atoms with van der Waals surface area (Å²) >= 11 is 1.60. The van der Waals surface area contributed by atoms with Crippen LogP contribution in [0.25, 0.3) is 0 Å². The number of thioether (sulfide) groups is 1. The summed E-state index contributed by atoms with van der Waals surface area (Å²) in [5, 5.41) is 3.74. The Bertz CT molecular complexity index is 697. The normalized spacial score (nSPS) is 25.3. The van der Waals surface area contributed by atoms with E-state index in [0.717, 1.165) is 67.3 Å². The molecule has 0 unspecified atom stereocenters. The van der Waals surface area contributed by atoms with Gasteiger partial charge in [0.15, 0.2) is 5.16 Å². The Kier molecular flexibility index (Phi) is 4.63. The molecule has 0 aromatic carbocycles. The van der Waals surface area contributed by atoms with Crippen molar-refractivity contribution in [2.24, 2.45) is 0 Å². The van der Waals surface area contributed by atoms with E-state index in [-0.39, 0.29) is 23.6 Å². The van der Waals surface area contributed by atoms with E-state index in [1.807, 2.05) is 0 Å². The summed E-state index contributed by atoms with van der Waals surface area (Å²) in [6, 6.07) is -0.0817. The number of nitrogens with one attached hydrogen (secondary N) is 1. The number of ether oxygens (including phenoxy) is 1. The number of fused-ring (bicyclic) bond motifs is 2. The molecule has 3 aliphatic rings. The number of rotatable bonds is 4. The lowest BCUT2D eigenvalue weighted by Gasteiger charge is -2.19. The first-order chi connectivity index (χ1) is 11.7. The van der Waals surface area contributed by atoms with Crippen LogP contribution in [0.2, 0.25) is 0 Å². The molecule has 0 radical (unpaired) electrons. The summed E-state index contributed by atoms with van der Waals surface area (Å²) in [5.41, 5.74) is 1.93. The molecule has 2 atom stereocenters. The summed E-state index contributed by atoms with van der Waals surface area (Å²) in [5.74, 6) is 0.743. The van der Waals surface area contributed by atoms with Crippen molar-refractivity contribution in [1.29, 1.82) is 0 Å². The van der Waals surface area contributed by atoms with Crippen LogP contribution in [0.4, 0.5) is 0 Å². The third-order valence-electron chi connectivity index (χ3n) is 5.09. The van der Waals surface area contributed by atoms with Crippen molar-refractivity contribution in [3.63, 3.8) is 0 Å². The van der Waals surface area contributed by atoms with E-state index in [0.29, 0.717) is 13.0 Å². The van der Waals surface area contributed by atoms with Gasteiger partial charge in [0.05, 0.1) is 17.8 Å². The first kappa shape index (κ1) is 16.1. The van der Waals surface area contributed by atoms with Gasteiger partial charge in [0.25, 0.3) is 5.56 Å². The van der Waals surface area contributed by atoms with Crippen molar-refractivity contribution in [1.82, 2.24) is 14.9 Å². The molecule has 3 heterocycles. The molecule has 1 N–H and O–H groups in total. The first-order valence-electron chi connectivity index (χ1n) is 8.88. The van der Waals surface area contributed by atoms with E-state index in [1.165, 1.54) is 0 Å². The Morgan fingerprint density at radius 1 is 1.33 bits per heavy atom. The van der Waals surface area contributed by atoms with E-state index < -0.39 is 0 Å². The minimum absolute atomic E-state index is 0.00595. The van der Waals surface area contributed by atoms with E-state index in [4.69, 9.17) is 9.72 Å². The number of hydrogen-bond donors (Lipinski definition) is 1. The van der Waals surface area contributed by atoms with Gasteiger partial charge in [-0.05, 0) is 38.5 Å². The summed E-state index contributed by atoms with van der Waals surface area (Å²) in [6.07, 6.45) is 6.47. The van der Waals surface area contributed by atoms with Gasteiger partial charge in [0.1, 0.15) is 0 Å². The van der Waals surface area contributed by atoms with Gasteiger partial charge in [-0.3, -0.25) is 14.2 Å². The van der Waals surface area contributed by atoms with Gasteiger partial charge in [-0.25, -0.2) is 4.98 Å². The van der Waals surface area contributed by atoms with Crippen molar-refractivity contribution in [2.75, 3.05) is 18.9 Å². The zero-order valence-electron chi connectivity index (χ0n) is 13.8. The van der Waals surface area contributed by atoms with E-state index in [9.17, 15) is 9.59 Å². The van der Waals surface area contributed by atoms with Gasteiger partial charge in [-0.1, -0.05) is 11.8 Å². The second-order valence-electron chi connectivity index (χ2n) is 6.81. The number of aryl methyl sites for hydroxylation is 1. The summed E-state index contributed by atoms with van der Waals surface area (Å²) < 4.78 is 7.29. The SMILES string of the molecule is O=C(C[C@@H]1CSc2nc3c(c(=O)n21)CCCC3)NC[C@H]1CCCO1. The fourth-order valence-electron chi connectivity index (χ4n) is 3.78. The molecule has 0 spiro atoms. The minimum Gasteiger partial charge on any atom is -0.376 e. The average Bonchev–Trinajstić information content (AvgIpc) is 3.23. The Labute approximate surface area is 145 Å². The van der Waals surface area contributed by atoms with Crippen LogP contribution in [0.15, 0.2) is 9.95 Å². The molecule has 130 valence electrons. The molecule has 1 aromatic rings. The van der Waals surface area contributed by atoms with Crippen LogP contribution in [0.1, 0.15) is 49.4 Å². The number of carbonyl (C=O) groups is 1. The maximum atomic E-state index is 12.8. The largest absolute Gasteiger partial charge is 0.376 e. The van der Waals surface area contributed by atoms with Crippen molar-refractivity contribution in [2.45, 2.75) is 62.2 Å². The summed E-state index contributed by atoms with van der Waals surface area (Å²) in [7, 11) is 0. The van der Waals surface area contributed by atoms with Gasteiger partial charge in [-0.2, -0.15) is 0 Å². The maximum Gasteiger partial charge on any atom is 0.257 e. The highest BCUT2D eigenvalue weighted by Crippen LogP contribution is 2.33. The molecule has 0 bridgehead atoms. The number of hydrogen-bond acceptors (Lipinski definition) is 5. The Hall–Kier alpha value is -1.34. The van der Waals surface area contributed by atoms with Crippen LogP contribution < -0.4 is 10.9 Å². The highest BCUT2D eigenvalue weighted by atomic mass is 32.2. The molecule has 4 rings (SSSR count). The molecule has 7 heteroatoms. The third-order valence-corrected chi connectivity index (χ3v) is 6.19. The molecule has 1 aliphatic carbocycles. The van der Waals surface area contributed by atoms with E-state index >= 15 is 0 Å². The van der Waals surface area contributed by atoms with Crippen LogP contribution in [-0.2, 0) is 22.4 Å². The van der Waals surface area contributed by atoms with Crippen molar-refractivity contribution in [3.8, 4) is 0 Å². The topological polar surface area (TPSA) is 73.2 Å². The molecule has 1 amide bonds. The second-order valence-corrected chi connectivity index (χ2v) is 7.80. The lowest BCUT2D eigenvalue weighted by molar-refractivity contribution is -0.122. The van der Waals surface area contributed by atoms with Crippen molar-refractivity contribution >= 4 is 17.7 Å². The lowest BCUT2D eigenvalue weighted by atomic mass is 9.97. The molecule has 1 fully saturated rings. The zero-order chi connectivity index (χ0) is 16.5. The van der Waals surface area contributed by atoms with Crippen LogP contribution in [0.3, 0.4) is 0 Å². The van der Waals surface area contributed by atoms with Crippen LogP contribution in [-0.4, -0.2) is 40.5 Å².